The molecule has 0 radical (unpaired) electrons. The van der Waals surface area contributed by atoms with E-state index in [0.29, 0.717) is 5.88 Å². The van der Waals surface area contributed by atoms with Crippen molar-refractivity contribution in [2.75, 3.05) is 11.9 Å². The number of hydrogen-bond donors (Lipinski definition) is 0. The molecule has 0 N–H and O–H groups in total. The molecule has 1 aromatic heterocycles. The van der Waals surface area contributed by atoms with E-state index >= 15 is 0 Å². The van der Waals surface area contributed by atoms with Crippen LogP contribution in [0.4, 0.5) is 5.88 Å². The highest BCUT2D eigenvalue weighted by Gasteiger charge is 2.19. The van der Waals surface area contributed by atoms with Crippen molar-refractivity contribution < 1.29 is 14.0 Å². The van der Waals surface area contributed by atoms with Crippen LogP contribution < -0.4 is 4.90 Å². The number of hydrogen-bond acceptors (Lipinski definition) is 3. The van der Waals surface area contributed by atoms with Crippen molar-refractivity contribution in [1.82, 2.24) is 0 Å². The zero-order chi connectivity index (χ0) is 13.7. The molecule has 2 aromatic rings. The van der Waals surface area contributed by atoms with E-state index in [4.69, 9.17) is 4.42 Å². The summed E-state index contributed by atoms with van der Waals surface area (Å²) in [6, 6.07) is 12.7. The molecule has 0 aliphatic carbocycles. The molecule has 1 heterocycles. The number of benzene rings is 1. The first-order valence-corrected chi connectivity index (χ1v) is 5.82. The third-order valence-electron chi connectivity index (χ3n) is 2.75. The van der Waals surface area contributed by atoms with Crippen LogP contribution in [-0.2, 0) is 16.0 Å². The van der Waals surface area contributed by atoms with Crippen LogP contribution in [0.25, 0.3) is 0 Å². The predicted octanol–water partition coefficient (Wildman–Crippen LogP) is 2.24. The molecule has 1 aromatic carbocycles. The molecule has 1 amide bonds. The normalized spacial score (nSPS) is 9.74. The fourth-order valence-electron chi connectivity index (χ4n) is 1.72. The van der Waals surface area contributed by atoms with Crippen molar-refractivity contribution in [3.8, 4) is 0 Å². The van der Waals surface area contributed by atoms with Crippen molar-refractivity contribution >= 4 is 17.7 Å². The SMILES string of the molecule is CN(C(=O)C(=C=O)Cc1ccccc1)c1ccco1. The second kappa shape index (κ2) is 5.85. The van der Waals surface area contributed by atoms with Crippen LogP contribution in [0.1, 0.15) is 5.56 Å². The Morgan fingerprint density at radius 1 is 1.21 bits per heavy atom. The van der Waals surface area contributed by atoms with Gasteiger partial charge in [-0.05, 0) is 11.6 Å². The van der Waals surface area contributed by atoms with Gasteiger partial charge < -0.3 is 4.42 Å². The van der Waals surface area contributed by atoms with E-state index in [1.807, 2.05) is 30.3 Å². The van der Waals surface area contributed by atoms with Gasteiger partial charge in [0.25, 0.3) is 5.91 Å². The summed E-state index contributed by atoms with van der Waals surface area (Å²) >= 11 is 0. The molecule has 96 valence electrons. The Balaban J connectivity index is 2.15. The van der Waals surface area contributed by atoms with Crippen LogP contribution in [0.5, 0.6) is 0 Å². The molecule has 2 rings (SSSR count). The summed E-state index contributed by atoms with van der Waals surface area (Å²) in [6.07, 6.45) is 1.73. The van der Waals surface area contributed by atoms with Gasteiger partial charge in [-0.15, -0.1) is 0 Å². The van der Waals surface area contributed by atoms with Gasteiger partial charge in [0.15, 0.2) is 0 Å². The first-order chi connectivity index (χ1) is 9.22. The molecule has 0 aliphatic heterocycles. The van der Waals surface area contributed by atoms with Crippen molar-refractivity contribution in [3.05, 3.63) is 59.9 Å². The van der Waals surface area contributed by atoms with Gasteiger partial charge in [-0.25, -0.2) is 4.79 Å². The molecule has 0 fully saturated rings. The van der Waals surface area contributed by atoms with E-state index in [2.05, 4.69) is 0 Å². The molecule has 0 aliphatic rings. The van der Waals surface area contributed by atoms with Crippen LogP contribution in [0.3, 0.4) is 0 Å². The maximum absolute atomic E-state index is 12.1. The zero-order valence-corrected chi connectivity index (χ0v) is 10.5. The van der Waals surface area contributed by atoms with E-state index in [-0.39, 0.29) is 12.0 Å². The highest BCUT2D eigenvalue weighted by molar-refractivity contribution is 6.09. The van der Waals surface area contributed by atoms with Gasteiger partial charge in [-0.2, -0.15) is 0 Å². The summed E-state index contributed by atoms with van der Waals surface area (Å²) in [7, 11) is 1.56. The molecule has 0 atom stereocenters. The van der Waals surface area contributed by atoms with Crippen LogP contribution >= 0.6 is 0 Å². The number of nitrogens with zero attached hydrogens (tertiary/aromatic N) is 1. The Hall–Kier alpha value is -2.58. The van der Waals surface area contributed by atoms with Crippen molar-refractivity contribution in [3.63, 3.8) is 0 Å². The molecule has 19 heavy (non-hydrogen) atoms. The number of furan rings is 1. The van der Waals surface area contributed by atoms with E-state index in [1.165, 1.54) is 11.2 Å². The third kappa shape index (κ3) is 3.00. The highest BCUT2D eigenvalue weighted by atomic mass is 16.3. The average molecular weight is 255 g/mol. The van der Waals surface area contributed by atoms with Gasteiger partial charge in [0, 0.05) is 19.5 Å². The first kappa shape index (κ1) is 12.9. The Kier molecular flexibility index (Phi) is 3.96. The molecule has 0 spiro atoms. The average Bonchev–Trinajstić information content (AvgIpc) is 2.98. The number of carbonyl (C=O) groups excluding carboxylic acids is 2. The molecule has 0 bridgehead atoms. The van der Waals surface area contributed by atoms with Crippen molar-refractivity contribution in [2.24, 2.45) is 0 Å². The summed E-state index contributed by atoms with van der Waals surface area (Å²) in [5, 5.41) is 0. The lowest BCUT2D eigenvalue weighted by Gasteiger charge is -2.14. The smallest absolute Gasteiger partial charge is 0.267 e. The molecule has 0 saturated carbocycles. The minimum atomic E-state index is -0.409. The fraction of sp³-hybridized carbons (Fsp3) is 0.133. The van der Waals surface area contributed by atoms with Crippen molar-refractivity contribution in [2.45, 2.75) is 6.42 Å². The Morgan fingerprint density at radius 3 is 2.53 bits per heavy atom. The van der Waals surface area contributed by atoms with Crippen LogP contribution in [0, 0.1) is 0 Å². The molecule has 0 saturated heterocycles. The standard InChI is InChI=1S/C15H13NO3/c1-16(14-8-5-9-19-14)15(18)13(11-17)10-12-6-3-2-4-7-12/h2-9H,10H2,1H3. The first-order valence-electron chi connectivity index (χ1n) is 5.82. The van der Waals surface area contributed by atoms with E-state index < -0.39 is 5.91 Å². The predicted molar refractivity (Wildman–Crippen MR) is 71.5 cm³/mol. The summed E-state index contributed by atoms with van der Waals surface area (Å²) in [6.45, 7) is 0. The Morgan fingerprint density at radius 2 is 1.95 bits per heavy atom. The summed E-state index contributed by atoms with van der Waals surface area (Å²) in [5.74, 6) is 1.71. The van der Waals surface area contributed by atoms with Crippen LogP contribution in [0.2, 0.25) is 0 Å². The van der Waals surface area contributed by atoms with Gasteiger partial charge in [0.05, 0.1) is 6.26 Å². The van der Waals surface area contributed by atoms with Gasteiger partial charge in [0.2, 0.25) is 5.88 Å². The third-order valence-corrected chi connectivity index (χ3v) is 2.75. The van der Waals surface area contributed by atoms with Gasteiger partial charge >= 0.3 is 0 Å². The number of likely N-dealkylation sites (N-methyl/N-ethyl adjacent to an activating group) is 1. The number of anilines is 1. The Bertz CT molecular complexity index is 596. The second-order valence-electron chi connectivity index (χ2n) is 4.06. The topological polar surface area (TPSA) is 50.5 Å². The minimum absolute atomic E-state index is 0.0742. The summed E-state index contributed by atoms with van der Waals surface area (Å²) in [5.41, 5.74) is 0.965. The van der Waals surface area contributed by atoms with Crippen LogP contribution in [0.15, 0.2) is 58.7 Å². The van der Waals surface area contributed by atoms with Gasteiger partial charge in [0.1, 0.15) is 11.5 Å². The lowest BCUT2D eigenvalue weighted by atomic mass is 10.1. The minimum Gasteiger partial charge on any atom is -0.448 e. The molecule has 4 heteroatoms. The molecule has 4 nitrogen and oxygen atoms in total. The highest BCUT2D eigenvalue weighted by Crippen LogP contribution is 2.16. The Labute approximate surface area is 111 Å². The van der Waals surface area contributed by atoms with E-state index in [0.717, 1.165) is 5.56 Å². The summed E-state index contributed by atoms with van der Waals surface area (Å²) < 4.78 is 5.12. The second-order valence-corrected chi connectivity index (χ2v) is 4.06. The zero-order valence-electron chi connectivity index (χ0n) is 10.5. The summed E-state index contributed by atoms with van der Waals surface area (Å²) in [4.78, 5) is 24.4. The lowest BCUT2D eigenvalue weighted by molar-refractivity contribution is -0.115. The van der Waals surface area contributed by atoms with Crippen molar-refractivity contribution in [1.29, 1.82) is 0 Å². The largest absolute Gasteiger partial charge is 0.448 e. The fourth-order valence-corrected chi connectivity index (χ4v) is 1.72. The number of carbonyl (C=O) groups is 1. The van der Waals surface area contributed by atoms with E-state index in [1.54, 1.807) is 25.1 Å². The van der Waals surface area contributed by atoms with Gasteiger partial charge in [-0.3, -0.25) is 9.69 Å². The molecular formula is C15H13NO3. The van der Waals surface area contributed by atoms with Crippen LogP contribution in [-0.4, -0.2) is 18.9 Å². The maximum Gasteiger partial charge on any atom is 0.267 e. The molecular weight excluding hydrogens is 242 g/mol. The number of rotatable bonds is 4. The van der Waals surface area contributed by atoms with Gasteiger partial charge in [-0.1, -0.05) is 30.3 Å². The quantitative estimate of drug-likeness (QED) is 0.622. The maximum atomic E-state index is 12.1. The van der Waals surface area contributed by atoms with E-state index in [9.17, 15) is 9.59 Å². The lowest BCUT2D eigenvalue weighted by Crippen LogP contribution is -2.28. The number of amides is 1. The molecule has 0 unspecified atom stereocenters. The monoisotopic (exact) mass is 255 g/mol.